The third kappa shape index (κ3) is 5.36. The van der Waals surface area contributed by atoms with E-state index in [0.717, 1.165) is 23.4 Å². The molecule has 2 heterocycles. The minimum atomic E-state index is -4.56. The Morgan fingerprint density at radius 2 is 1.59 bits per heavy atom. The Balaban J connectivity index is 0.00000320. The zero-order chi connectivity index (χ0) is 25.7. The van der Waals surface area contributed by atoms with Crippen molar-refractivity contribution in [2.24, 2.45) is 0 Å². The van der Waals surface area contributed by atoms with Crippen LogP contribution >= 0.6 is 0 Å². The Hall–Kier alpha value is -2.96. The van der Waals surface area contributed by atoms with Crippen molar-refractivity contribution in [3.63, 3.8) is 0 Å². The molecule has 37 heavy (non-hydrogen) atoms. The van der Waals surface area contributed by atoms with Crippen LogP contribution in [0.4, 0.5) is 30.2 Å². The van der Waals surface area contributed by atoms with Crippen LogP contribution in [0.15, 0.2) is 67.0 Å². The van der Waals surface area contributed by atoms with Crippen molar-refractivity contribution in [3.05, 3.63) is 104 Å². The van der Waals surface area contributed by atoms with Crippen LogP contribution in [-0.2, 0) is 32.8 Å². The van der Waals surface area contributed by atoms with Crippen LogP contribution in [0.2, 0.25) is 0 Å². The molecule has 3 aromatic rings. The fraction of sp³-hybridized carbons (Fsp3) is 0.214. The average molecular weight is 686 g/mol. The molecule has 0 atom stereocenters. The number of rotatable bonds is 4. The van der Waals surface area contributed by atoms with Gasteiger partial charge in [-0.05, 0) is 57.5 Å². The molecule has 0 aromatic heterocycles. The van der Waals surface area contributed by atoms with Crippen LogP contribution in [0.1, 0.15) is 25.0 Å². The number of para-hydroxylation sites is 1. The first-order valence-corrected chi connectivity index (χ1v) is 11.4. The first-order valence-electron chi connectivity index (χ1n) is 11.4. The van der Waals surface area contributed by atoms with Crippen molar-refractivity contribution in [1.29, 1.82) is 0 Å². The minimum absolute atomic E-state index is 0. The summed E-state index contributed by atoms with van der Waals surface area (Å²) < 4.78 is 47.6. The maximum absolute atomic E-state index is 13.9. The van der Waals surface area contributed by atoms with Gasteiger partial charge < -0.3 is 24.3 Å². The zero-order valence-electron chi connectivity index (χ0n) is 20.7. The van der Waals surface area contributed by atoms with Crippen LogP contribution in [0.5, 0.6) is 11.5 Å². The van der Waals surface area contributed by atoms with Gasteiger partial charge in [-0.15, -0.1) is 47.8 Å². The quantitative estimate of drug-likeness (QED) is 0.279. The van der Waals surface area contributed by atoms with E-state index in [-0.39, 0.29) is 43.8 Å². The van der Waals surface area contributed by atoms with E-state index in [1.165, 1.54) is 0 Å². The normalized spacial score (nSPS) is 17.0. The molecule has 0 saturated heterocycles. The Morgan fingerprint density at radius 3 is 2.30 bits per heavy atom. The van der Waals surface area contributed by atoms with Crippen molar-refractivity contribution in [3.8, 4) is 11.5 Å². The van der Waals surface area contributed by atoms with Gasteiger partial charge in [-0.25, -0.2) is 0 Å². The number of fused-ring (bicyclic) bond motifs is 1. The number of ether oxygens (including phenoxy) is 1. The predicted molar refractivity (Wildman–Crippen MR) is 133 cm³/mol. The van der Waals surface area contributed by atoms with Crippen molar-refractivity contribution in [2.45, 2.75) is 25.6 Å². The van der Waals surface area contributed by atoms with Crippen molar-refractivity contribution >= 4 is 17.1 Å². The Labute approximate surface area is 230 Å². The molecule has 3 aromatic carbocycles. The molecule has 194 valence electrons. The summed E-state index contributed by atoms with van der Waals surface area (Å²) in [4.78, 5) is 7.39. The summed E-state index contributed by atoms with van der Waals surface area (Å²) >= 11 is 0. The van der Waals surface area contributed by atoms with Crippen LogP contribution in [0.3, 0.4) is 0 Å². The standard InChI is InChI=1S/C28H25F3N4O.Pt/c1-27(2)25-10-5-6-11-26(25)35(19-33(27)4)22-14-20(28(29,30)31)15-24(17-22)36-23-9-7-8-21(16-23)34-13-12-32(3)18-34;/h5-15,18-19H,1-4H3;/q-4;+4. The topological polar surface area (TPSA) is 22.2 Å². The summed E-state index contributed by atoms with van der Waals surface area (Å²) in [5, 5.41) is 0. The van der Waals surface area contributed by atoms with E-state index in [1.54, 1.807) is 23.7 Å². The molecule has 0 saturated carbocycles. The van der Waals surface area contributed by atoms with Crippen LogP contribution in [-0.4, -0.2) is 23.9 Å². The van der Waals surface area contributed by atoms with Gasteiger partial charge >= 0.3 is 27.2 Å². The predicted octanol–water partition coefficient (Wildman–Crippen LogP) is 6.88. The second kappa shape index (κ2) is 10.1. The Morgan fingerprint density at radius 1 is 0.865 bits per heavy atom. The molecule has 0 radical (unpaired) electrons. The number of nitrogens with zero attached hydrogens (tertiary/aromatic N) is 4. The monoisotopic (exact) mass is 685 g/mol. The average Bonchev–Trinajstić information content (AvgIpc) is 3.27. The number of hydrogen-bond donors (Lipinski definition) is 0. The van der Waals surface area contributed by atoms with Gasteiger partial charge in [0.05, 0.1) is 0 Å². The van der Waals surface area contributed by atoms with Gasteiger partial charge in [0.1, 0.15) is 0 Å². The van der Waals surface area contributed by atoms with Gasteiger partial charge in [0.15, 0.2) is 0 Å². The molecular formula is C28H25F3N4OPt. The molecule has 9 heteroatoms. The first-order chi connectivity index (χ1) is 17.0. The fourth-order valence-electron chi connectivity index (χ4n) is 4.20. The van der Waals surface area contributed by atoms with Crippen molar-refractivity contribution < 1.29 is 39.0 Å². The largest absolute Gasteiger partial charge is 4.00 e. The van der Waals surface area contributed by atoms with Crippen molar-refractivity contribution in [2.75, 3.05) is 23.9 Å². The molecular weight excluding hydrogens is 660 g/mol. The summed E-state index contributed by atoms with van der Waals surface area (Å²) in [5.74, 6) is 0.233. The molecule has 0 bridgehead atoms. The summed E-state index contributed by atoms with van der Waals surface area (Å²) in [6, 6.07) is 21.1. The molecule has 0 N–H and O–H groups in total. The second-order valence-corrected chi connectivity index (χ2v) is 9.28. The van der Waals surface area contributed by atoms with E-state index in [2.05, 4.69) is 26.0 Å². The van der Waals surface area contributed by atoms with Crippen LogP contribution < -0.4 is 14.5 Å². The molecule has 0 fully saturated rings. The molecule has 0 aliphatic carbocycles. The minimum Gasteiger partial charge on any atom is -0.510 e. The molecule has 5 nitrogen and oxygen atoms in total. The summed E-state index contributed by atoms with van der Waals surface area (Å²) in [6.07, 6.45) is -0.834. The molecule has 5 rings (SSSR count). The van der Waals surface area contributed by atoms with E-state index in [9.17, 15) is 13.2 Å². The number of benzene rings is 3. The van der Waals surface area contributed by atoms with E-state index in [4.69, 9.17) is 4.74 Å². The van der Waals surface area contributed by atoms with E-state index in [1.807, 2.05) is 78.2 Å². The number of hydrogen-bond acceptors (Lipinski definition) is 5. The Bertz CT molecular complexity index is 1310. The van der Waals surface area contributed by atoms with Gasteiger partial charge in [-0.3, -0.25) is 0 Å². The summed E-state index contributed by atoms with van der Waals surface area (Å²) in [6.45, 7) is 7.78. The van der Waals surface area contributed by atoms with Crippen LogP contribution in [0.25, 0.3) is 0 Å². The Kier molecular flexibility index (Phi) is 7.37. The smallest absolute Gasteiger partial charge is 0.510 e. The SMILES string of the molecule is CN1C=CN(c2[c-]c(Oc3[c-]c(N4[CH-]N(C)C(C)(C)c5ccccc54)cc(C(F)(F)F)c3)ccc2)[CH-]1.[Pt+4]. The maximum Gasteiger partial charge on any atom is 4.00 e. The van der Waals surface area contributed by atoms with Gasteiger partial charge in [0, 0.05) is 22.7 Å². The number of anilines is 3. The third-order valence-electron chi connectivity index (χ3n) is 6.43. The molecule has 0 spiro atoms. The molecule has 0 unspecified atom stereocenters. The maximum atomic E-state index is 13.9. The third-order valence-corrected chi connectivity index (χ3v) is 6.43. The van der Waals surface area contributed by atoms with Gasteiger partial charge in [0.25, 0.3) is 0 Å². The fourth-order valence-corrected chi connectivity index (χ4v) is 4.20. The summed E-state index contributed by atoms with van der Waals surface area (Å²) in [7, 11) is 3.79. The number of halogens is 3. The van der Waals surface area contributed by atoms with Gasteiger partial charge in [0.2, 0.25) is 0 Å². The first kappa shape index (κ1) is 27.1. The van der Waals surface area contributed by atoms with Gasteiger partial charge in [-0.1, -0.05) is 18.2 Å². The second-order valence-electron chi connectivity index (χ2n) is 9.28. The summed E-state index contributed by atoms with van der Waals surface area (Å²) in [5.41, 5.74) is 1.54. The van der Waals surface area contributed by atoms with E-state index in [0.29, 0.717) is 5.69 Å². The van der Waals surface area contributed by atoms with Crippen molar-refractivity contribution in [1.82, 2.24) is 9.80 Å². The zero-order valence-corrected chi connectivity index (χ0v) is 22.9. The number of alkyl halides is 3. The molecule has 2 aliphatic rings. The van der Waals surface area contributed by atoms with Crippen LogP contribution in [0, 0.1) is 25.5 Å². The molecule has 0 amide bonds. The van der Waals surface area contributed by atoms with E-state index < -0.39 is 11.7 Å². The van der Waals surface area contributed by atoms with E-state index >= 15 is 0 Å². The molecule has 2 aliphatic heterocycles. The van der Waals surface area contributed by atoms with Gasteiger partial charge in [-0.2, -0.15) is 32.6 Å².